The Morgan fingerprint density at radius 3 is 2.94 bits per heavy atom. The molecular weight excluding hydrogens is 216 g/mol. The lowest BCUT2D eigenvalue weighted by molar-refractivity contribution is -0.143. The maximum atomic E-state index is 11.3. The molecule has 1 atom stereocenters. The first kappa shape index (κ1) is 13.0. The molecule has 1 rings (SSSR count). The number of hydrogen-bond donors (Lipinski definition) is 1. The van der Waals surface area contributed by atoms with Gasteiger partial charge in [-0.05, 0) is 31.5 Å². The van der Waals surface area contributed by atoms with Crippen LogP contribution in [-0.4, -0.2) is 18.6 Å². The molecule has 0 aliphatic rings. The monoisotopic (exact) mass is 232 g/mol. The van der Waals surface area contributed by atoms with Crippen molar-refractivity contribution in [1.82, 2.24) is 0 Å². The van der Waals surface area contributed by atoms with E-state index in [0.29, 0.717) is 6.61 Å². The van der Waals surface area contributed by atoms with Gasteiger partial charge in [0.15, 0.2) is 0 Å². The minimum Gasteiger partial charge on any atom is -0.466 e. The molecule has 0 saturated carbocycles. The quantitative estimate of drug-likeness (QED) is 0.791. The van der Waals surface area contributed by atoms with Gasteiger partial charge in [-0.15, -0.1) is 0 Å². The Morgan fingerprint density at radius 1 is 1.59 bits per heavy atom. The number of esters is 1. The van der Waals surface area contributed by atoms with Crippen LogP contribution >= 0.6 is 0 Å². The lowest BCUT2D eigenvalue weighted by Gasteiger charge is -2.12. The molecular formula is C13H16N2O2. The molecule has 0 aromatic heterocycles. The first-order valence-electron chi connectivity index (χ1n) is 5.54. The molecule has 1 aromatic carbocycles. The van der Waals surface area contributed by atoms with Crippen LogP contribution in [0.1, 0.15) is 18.9 Å². The predicted octanol–water partition coefficient (Wildman–Crippen LogP) is 2.25. The number of carbonyl (C=O) groups excluding carboxylic acids is 1. The number of aryl methyl sites for hydroxylation is 1. The molecule has 90 valence electrons. The third-order valence-corrected chi connectivity index (χ3v) is 2.19. The normalized spacial score (nSPS) is 11.4. The minimum atomic E-state index is -0.559. The highest BCUT2D eigenvalue weighted by molar-refractivity contribution is 5.71. The molecule has 0 heterocycles. The Bertz CT molecular complexity index is 424. The molecule has 0 saturated heterocycles. The summed E-state index contributed by atoms with van der Waals surface area (Å²) in [5.41, 5.74) is 1.93. The second kappa shape index (κ2) is 6.54. The maximum Gasteiger partial charge on any atom is 0.308 e. The highest BCUT2D eigenvalue weighted by atomic mass is 16.5. The van der Waals surface area contributed by atoms with Gasteiger partial charge in [0.1, 0.15) is 6.04 Å². The lowest BCUT2D eigenvalue weighted by Crippen LogP contribution is -2.22. The molecule has 0 radical (unpaired) electrons. The van der Waals surface area contributed by atoms with Gasteiger partial charge in [0, 0.05) is 5.69 Å². The van der Waals surface area contributed by atoms with E-state index < -0.39 is 6.04 Å². The zero-order valence-electron chi connectivity index (χ0n) is 10.1. The van der Waals surface area contributed by atoms with E-state index in [1.807, 2.05) is 37.3 Å². The summed E-state index contributed by atoms with van der Waals surface area (Å²) in [6.45, 7) is 4.05. The second-order valence-electron chi connectivity index (χ2n) is 3.70. The Balaban J connectivity index is 2.59. The molecule has 0 aliphatic heterocycles. The molecule has 0 spiro atoms. The fraction of sp³-hybridized carbons (Fsp3) is 0.385. The van der Waals surface area contributed by atoms with Crippen LogP contribution in [0.3, 0.4) is 0 Å². The van der Waals surface area contributed by atoms with E-state index in [4.69, 9.17) is 10.00 Å². The summed E-state index contributed by atoms with van der Waals surface area (Å²) in [7, 11) is 0. The molecule has 0 bridgehead atoms. The van der Waals surface area contributed by atoms with Crippen molar-refractivity contribution in [1.29, 1.82) is 5.26 Å². The molecule has 0 aliphatic carbocycles. The Morgan fingerprint density at radius 2 is 2.35 bits per heavy atom. The van der Waals surface area contributed by atoms with Gasteiger partial charge < -0.3 is 10.1 Å². The fourth-order valence-corrected chi connectivity index (χ4v) is 1.45. The number of nitriles is 1. The van der Waals surface area contributed by atoms with Crippen LogP contribution in [0, 0.1) is 18.3 Å². The van der Waals surface area contributed by atoms with Crippen molar-refractivity contribution in [2.75, 3.05) is 11.9 Å². The standard InChI is InChI=1S/C13H16N2O2/c1-3-17-13(16)8-12(9-14)15-11-6-4-5-10(2)7-11/h4-7,12,15H,3,8H2,1-2H3. The molecule has 1 N–H and O–H groups in total. The van der Waals surface area contributed by atoms with Crippen molar-refractivity contribution in [3.63, 3.8) is 0 Å². The number of nitrogens with zero attached hydrogens (tertiary/aromatic N) is 1. The van der Waals surface area contributed by atoms with Crippen molar-refractivity contribution < 1.29 is 9.53 Å². The maximum absolute atomic E-state index is 11.3. The number of hydrogen-bond acceptors (Lipinski definition) is 4. The second-order valence-corrected chi connectivity index (χ2v) is 3.70. The summed E-state index contributed by atoms with van der Waals surface area (Å²) in [4.78, 5) is 11.3. The summed E-state index contributed by atoms with van der Waals surface area (Å²) in [5.74, 6) is -0.362. The van der Waals surface area contributed by atoms with E-state index >= 15 is 0 Å². The fourth-order valence-electron chi connectivity index (χ4n) is 1.45. The first-order chi connectivity index (χ1) is 8.15. The molecule has 17 heavy (non-hydrogen) atoms. The van der Waals surface area contributed by atoms with Crippen molar-refractivity contribution in [3.8, 4) is 6.07 Å². The van der Waals surface area contributed by atoms with E-state index in [0.717, 1.165) is 11.3 Å². The van der Waals surface area contributed by atoms with Gasteiger partial charge in [0.05, 0.1) is 19.1 Å². The molecule has 4 nitrogen and oxygen atoms in total. The molecule has 1 aromatic rings. The van der Waals surface area contributed by atoms with Gasteiger partial charge in [0.2, 0.25) is 0 Å². The highest BCUT2D eigenvalue weighted by Gasteiger charge is 2.13. The van der Waals surface area contributed by atoms with E-state index in [1.54, 1.807) is 6.92 Å². The largest absolute Gasteiger partial charge is 0.466 e. The summed E-state index contributed by atoms with van der Waals surface area (Å²) >= 11 is 0. The molecule has 4 heteroatoms. The van der Waals surface area contributed by atoms with Crippen LogP contribution in [0.5, 0.6) is 0 Å². The number of rotatable bonds is 5. The number of benzene rings is 1. The Hall–Kier alpha value is -2.02. The van der Waals surface area contributed by atoms with Gasteiger partial charge in [0.25, 0.3) is 0 Å². The smallest absolute Gasteiger partial charge is 0.308 e. The molecule has 0 amide bonds. The Kier molecular flexibility index (Phi) is 5.02. The molecule has 1 unspecified atom stereocenters. The van der Waals surface area contributed by atoms with Crippen LogP contribution < -0.4 is 5.32 Å². The van der Waals surface area contributed by atoms with Gasteiger partial charge >= 0.3 is 5.97 Å². The number of carbonyl (C=O) groups is 1. The summed E-state index contributed by atoms with van der Waals surface area (Å²) < 4.78 is 4.81. The van der Waals surface area contributed by atoms with Crippen LogP contribution in [0.25, 0.3) is 0 Å². The van der Waals surface area contributed by atoms with Crippen molar-refractivity contribution >= 4 is 11.7 Å². The lowest BCUT2D eigenvalue weighted by atomic mass is 10.2. The summed E-state index contributed by atoms with van der Waals surface area (Å²) in [6, 6.07) is 9.15. The third kappa shape index (κ3) is 4.56. The minimum absolute atomic E-state index is 0.0539. The van der Waals surface area contributed by atoms with Gasteiger partial charge in [-0.3, -0.25) is 4.79 Å². The van der Waals surface area contributed by atoms with Crippen molar-refractivity contribution in [2.45, 2.75) is 26.3 Å². The number of anilines is 1. The van der Waals surface area contributed by atoms with E-state index in [2.05, 4.69) is 5.32 Å². The van der Waals surface area contributed by atoms with Crippen LogP contribution in [-0.2, 0) is 9.53 Å². The predicted molar refractivity (Wildman–Crippen MR) is 65.5 cm³/mol. The first-order valence-corrected chi connectivity index (χ1v) is 5.54. The topological polar surface area (TPSA) is 62.1 Å². The number of ether oxygens (including phenoxy) is 1. The zero-order valence-corrected chi connectivity index (χ0v) is 10.1. The van der Waals surface area contributed by atoms with Crippen molar-refractivity contribution in [2.24, 2.45) is 0 Å². The summed E-state index contributed by atoms with van der Waals surface area (Å²) in [5, 5.41) is 12.0. The van der Waals surface area contributed by atoms with Crippen LogP contribution in [0.15, 0.2) is 24.3 Å². The van der Waals surface area contributed by atoms with Crippen LogP contribution in [0.2, 0.25) is 0 Å². The molecule has 0 fully saturated rings. The van der Waals surface area contributed by atoms with E-state index in [9.17, 15) is 4.79 Å². The number of nitrogens with one attached hydrogen (secondary N) is 1. The third-order valence-electron chi connectivity index (χ3n) is 2.19. The van der Waals surface area contributed by atoms with E-state index in [-0.39, 0.29) is 12.4 Å². The summed E-state index contributed by atoms with van der Waals surface area (Å²) in [6.07, 6.45) is 0.0539. The zero-order chi connectivity index (χ0) is 12.7. The van der Waals surface area contributed by atoms with E-state index in [1.165, 1.54) is 0 Å². The average Bonchev–Trinajstić information content (AvgIpc) is 2.28. The highest BCUT2D eigenvalue weighted by Crippen LogP contribution is 2.12. The van der Waals surface area contributed by atoms with Crippen LogP contribution in [0.4, 0.5) is 5.69 Å². The average molecular weight is 232 g/mol. The van der Waals surface area contributed by atoms with Gasteiger partial charge in [-0.1, -0.05) is 12.1 Å². The van der Waals surface area contributed by atoms with Crippen molar-refractivity contribution in [3.05, 3.63) is 29.8 Å². The Labute approximate surface area is 101 Å². The SMILES string of the molecule is CCOC(=O)CC(C#N)Nc1cccc(C)c1. The van der Waals surface area contributed by atoms with Gasteiger partial charge in [-0.2, -0.15) is 5.26 Å². The van der Waals surface area contributed by atoms with Gasteiger partial charge in [-0.25, -0.2) is 0 Å².